The van der Waals surface area contributed by atoms with Crippen molar-refractivity contribution in [3.05, 3.63) is 55.7 Å². The van der Waals surface area contributed by atoms with Crippen LogP contribution in [0.1, 0.15) is 34.5 Å². The molecule has 102 valence electrons. The summed E-state index contributed by atoms with van der Waals surface area (Å²) in [7, 11) is 0. The van der Waals surface area contributed by atoms with Crippen molar-refractivity contribution in [1.82, 2.24) is 5.32 Å². The first-order chi connectivity index (χ1) is 9.06. The Balaban J connectivity index is 1.86. The van der Waals surface area contributed by atoms with Gasteiger partial charge in [0.15, 0.2) is 0 Å². The van der Waals surface area contributed by atoms with Crippen molar-refractivity contribution in [1.29, 1.82) is 0 Å². The molecule has 1 unspecified atom stereocenters. The molecule has 0 fully saturated rings. The van der Waals surface area contributed by atoms with Crippen LogP contribution in [0.2, 0.25) is 0 Å². The van der Waals surface area contributed by atoms with E-state index >= 15 is 0 Å². The molecule has 0 radical (unpaired) electrons. The summed E-state index contributed by atoms with van der Waals surface area (Å²) < 4.78 is 1.21. The molecule has 2 rings (SSSR count). The maximum atomic E-state index is 3.59. The van der Waals surface area contributed by atoms with Crippen LogP contribution in [0, 0.1) is 13.8 Å². The predicted octanol–water partition coefficient (Wildman–Crippen LogP) is 5.02. The lowest BCUT2D eigenvalue weighted by atomic mass is 10.0. The smallest absolute Gasteiger partial charge is 0.0701 e. The van der Waals surface area contributed by atoms with Gasteiger partial charge < -0.3 is 5.32 Å². The Kier molecular flexibility index (Phi) is 5.20. The third-order valence-electron chi connectivity index (χ3n) is 3.48. The molecule has 3 heteroatoms. The molecular weight excluding hydrogens is 318 g/mol. The van der Waals surface area contributed by atoms with Crippen LogP contribution in [-0.4, -0.2) is 6.54 Å². The second-order valence-electron chi connectivity index (χ2n) is 4.98. The Hall–Kier alpha value is -0.640. The van der Waals surface area contributed by atoms with E-state index in [1.807, 2.05) is 11.3 Å². The lowest BCUT2D eigenvalue weighted by Crippen LogP contribution is -2.21. The number of nitrogens with one attached hydrogen (secondary N) is 1. The Morgan fingerprint density at radius 1 is 1.16 bits per heavy atom. The van der Waals surface area contributed by atoms with Gasteiger partial charge >= 0.3 is 0 Å². The first kappa shape index (κ1) is 14.8. The van der Waals surface area contributed by atoms with Gasteiger partial charge in [-0.2, -0.15) is 0 Å². The van der Waals surface area contributed by atoms with Gasteiger partial charge in [0.1, 0.15) is 0 Å². The van der Waals surface area contributed by atoms with E-state index in [4.69, 9.17) is 0 Å². The first-order valence-corrected chi connectivity index (χ1v) is 8.22. The van der Waals surface area contributed by atoms with Gasteiger partial charge in [-0.15, -0.1) is 11.3 Å². The first-order valence-electron chi connectivity index (χ1n) is 6.61. The summed E-state index contributed by atoms with van der Waals surface area (Å²) in [6, 6.07) is 11.4. The van der Waals surface area contributed by atoms with Gasteiger partial charge in [0.05, 0.1) is 3.79 Å². The fourth-order valence-electron chi connectivity index (χ4n) is 2.05. The molecule has 0 aliphatic heterocycles. The average Bonchev–Trinajstić information content (AvgIpc) is 2.78. The molecule has 1 aromatic heterocycles. The van der Waals surface area contributed by atoms with Crippen molar-refractivity contribution >= 4 is 27.3 Å². The molecule has 0 saturated heterocycles. The lowest BCUT2D eigenvalue weighted by molar-refractivity contribution is 0.578. The number of hydrogen-bond donors (Lipinski definition) is 1. The summed E-state index contributed by atoms with van der Waals surface area (Å²) in [6.45, 7) is 7.58. The Bertz CT molecular complexity index is 547. The van der Waals surface area contributed by atoms with Crippen LogP contribution in [0.3, 0.4) is 0 Å². The number of aryl methyl sites for hydroxylation is 2. The van der Waals surface area contributed by atoms with Crippen LogP contribution in [0.25, 0.3) is 0 Å². The molecule has 0 aliphatic carbocycles. The van der Waals surface area contributed by atoms with Crippen molar-refractivity contribution in [3.8, 4) is 0 Å². The molecule has 1 atom stereocenters. The van der Waals surface area contributed by atoms with E-state index in [1.54, 1.807) is 0 Å². The molecule has 0 bridgehead atoms. The number of benzene rings is 1. The van der Waals surface area contributed by atoms with Gasteiger partial charge in [-0.05, 0) is 71.9 Å². The van der Waals surface area contributed by atoms with Gasteiger partial charge in [0, 0.05) is 17.5 Å². The largest absolute Gasteiger partial charge is 0.310 e. The van der Waals surface area contributed by atoms with E-state index < -0.39 is 0 Å². The van der Waals surface area contributed by atoms with E-state index in [0.717, 1.165) is 13.0 Å². The molecular formula is C16H20BrNS. The van der Waals surface area contributed by atoms with Crippen LogP contribution in [0.5, 0.6) is 0 Å². The van der Waals surface area contributed by atoms with E-state index in [0.29, 0.717) is 6.04 Å². The molecule has 0 amide bonds. The SMILES string of the molecule is Cc1ccc(C(C)NCCc2ccc(Br)s2)cc1C. The highest BCUT2D eigenvalue weighted by Gasteiger charge is 2.06. The highest BCUT2D eigenvalue weighted by molar-refractivity contribution is 9.11. The monoisotopic (exact) mass is 337 g/mol. The Morgan fingerprint density at radius 3 is 2.58 bits per heavy atom. The molecule has 0 saturated carbocycles. The molecule has 0 spiro atoms. The number of halogens is 1. The van der Waals surface area contributed by atoms with E-state index in [2.05, 4.69) is 72.3 Å². The van der Waals surface area contributed by atoms with Crippen molar-refractivity contribution in [3.63, 3.8) is 0 Å². The van der Waals surface area contributed by atoms with Crippen molar-refractivity contribution in [2.45, 2.75) is 33.2 Å². The van der Waals surface area contributed by atoms with Gasteiger partial charge in [-0.25, -0.2) is 0 Å². The number of hydrogen-bond acceptors (Lipinski definition) is 2. The highest BCUT2D eigenvalue weighted by atomic mass is 79.9. The van der Waals surface area contributed by atoms with Crippen molar-refractivity contribution in [2.75, 3.05) is 6.54 Å². The van der Waals surface area contributed by atoms with Crippen LogP contribution in [-0.2, 0) is 6.42 Å². The zero-order chi connectivity index (χ0) is 13.8. The molecule has 1 N–H and O–H groups in total. The number of rotatable bonds is 5. The van der Waals surface area contributed by atoms with Gasteiger partial charge in [-0.3, -0.25) is 0 Å². The highest BCUT2D eigenvalue weighted by Crippen LogP contribution is 2.22. The third kappa shape index (κ3) is 4.16. The fraction of sp³-hybridized carbons (Fsp3) is 0.375. The summed E-state index contributed by atoms with van der Waals surface area (Å²) in [5, 5.41) is 3.59. The maximum Gasteiger partial charge on any atom is 0.0701 e. The van der Waals surface area contributed by atoms with Crippen molar-refractivity contribution < 1.29 is 0 Å². The van der Waals surface area contributed by atoms with E-state index in [9.17, 15) is 0 Å². The molecule has 1 nitrogen and oxygen atoms in total. The van der Waals surface area contributed by atoms with Crippen LogP contribution in [0.4, 0.5) is 0 Å². The summed E-state index contributed by atoms with van der Waals surface area (Å²) >= 11 is 5.32. The van der Waals surface area contributed by atoms with Crippen LogP contribution < -0.4 is 5.32 Å². The van der Waals surface area contributed by atoms with Gasteiger partial charge in [-0.1, -0.05) is 18.2 Å². The lowest BCUT2D eigenvalue weighted by Gasteiger charge is -2.15. The summed E-state index contributed by atoms with van der Waals surface area (Å²) in [4.78, 5) is 1.42. The minimum absolute atomic E-state index is 0.405. The summed E-state index contributed by atoms with van der Waals surface area (Å²) in [5.74, 6) is 0. The zero-order valence-electron chi connectivity index (χ0n) is 11.7. The maximum absolute atomic E-state index is 3.59. The Labute approximate surface area is 128 Å². The predicted molar refractivity (Wildman–Crippen MR) is 88.1 cm³/mol. The third-order valence-corrected chi connectivity index (χ3v) is 5.17. The Morgan fingerprint density at radius 2 is 1.95 bits per heavy atom. The normalized spacial score (nSPS) is 12.6. The molecule has 19 heavy (non-hydrogen) atoms. The molecule has 1 heterocycles. The van der Waals surface area contributed by atoms with Crippen LogP contribution >= 0.6 is 27.3 Å². The van der Waals surface area contributed by atoms with Crippen LogP contribution in [0.15, 0.2) is 34.1 Å². The number of thiophene rings is 1. The second-order valence-corrected chi connectivity index (χ2v) is 7.52. The zero-order valence-corrected chi connectivity index (χ0v) is 14.1. The standard InChI is InChI=1S/C16H20BrNS/c1-11-4-5-14(10-12(11)2)13(3)18-9-8-15-6-7-16(17)19-15/h4-7,10,13,18H,8-9H2,1-3H3. The topological polar surface area (TPSA) is 12.0 Å². The average molecular weight is 338 g/mol. The summed E-state index contributed by atoms with van der Waals surface area (Å²) in [5.41, 5.74) is 4.10. The quantitative estimate of drug-likeness (QED) is 0.807. The van der Waals surface area contributed by atoms with Gasteiger partial charge in [0.2, 0.25) is 0 Å². The molecule has 1 aromatic carbocycles. The minimum atomic E-state index is 0.405. The van der Waals surface area contributed by atoms with E-state index in [-0.39, 0.29) is 0 Å². The summed E-state index contributed by atoms with van der Waals surface area (Å²) in [6.07, 6.45) is 1.09. The molecule has 0 aliphatic rings. The van der Waals surface area contributed by atoms with E-state index in [1.165, 1.54) is 25.4 Å². The second kappa shape index (κ2) is 6.69. The van der Waals surface area contributed by atoms with Crippen molar-refractivity contribution in [2.24, 2.45) is 0 Å². The molecule has 2 aromatic rings. The van der Waals surface area contributed by atoms with Gasteiger partial charge in [0.25, 0.3) is 0 Å². The minimum Gasteiger partial charge on any atom is -0.310 e. The fourth-order valence-corrected chi connectivity index (χ4v) is 3.53.